The second-order valence-corrected chi connectivity index (χ2v) is 8.88. The summed E-state index contributed by atoms with van der Waals surface area (Å²) in [6.07, 6.45) is 11.4. The Morgan fingerprint density at radius 2 is 2.04 bits per heavy atom. The number of likely N-dealkylation sites (tertiary alicyclic amines) is 1. The van der Waals surface area contributed by atoms with Crippen LogP contribution in [-0.2, 0) is 11.3 Å². The molecule has 1 aromatic heterocycles. The smallest absolute Gasteiger partial charge is 0.226 e. The van der Waals surface area contributed by atoms with Crippen molar-refractivity contribution >= 4 is 22.4 Å². The third-order valence-electron chi connectivity index (χ3n) is 6.21. The van der Waals surface area contributed by atoms with Gasteiger partial charge in [-0.1, -0.05) is 19.3 Å². The molecular weight excluding hydrogens is 318 g/mol. The number of thiazole rings is 1. The first-order valence-corrected chi connectivity index (χ1v) is 10.6. The number of carbonyl (C=O) groups is 1. The van der Waals surface area contributed by atoms with Crippen LogP contribution in [0.4, 0.5) is 5.13 Å². The average Bonchev–Trinajstić information content (AvgIpc) is 3.23. The zero-order valence-corrected chi connectivity index (χ0v) is 15.3. The first-order chi connectivity index (χ1) is 11.8. The fraction of sp³-hybridized carbons (Fsp3) is 0.789. The highest BCUT2D eigenvalue weighted by atomic mass is 32.1. The maximum Gasteiger partial charge on any atom is 0.226 e. The number of aromatic nitrogens is 1. The van der Waals surface area contributed by atoms with E-state index in [1.807, 2.05) is 0 Å². The minimum absolute atomic E-state index is 0.170. The Hall–Kier alpha value is -0.940. The van der Waals surface area contributed by atoms with E-state index in [2.05, 4.69) is 20.6 Å². The molecule has 132 valence electrons. The fourth-order valence-corrected chi connectivity index (χ4v) is 5.71. The van der Waals surface area contributed by atoms with Gasteiger partial charge in [0.15, 0.2) is 5.13 Å². The molecule has 2 saturated carbocycles. The van der Waals surface area contributed by atoms with E-state index in [4.69, 9.17) is 0 Å². The Labute approximate surface area is 149 Å². The molecule has 3 fully saturated rings. The third kappa shape index (κ3) is 3.99. The number of carbonyl (C=O) groups excluding carboxylic acids is 1. The number of nitrogens with zero attached hydrogens (tertiary/aromatic N) is 2. The van der Waals surface area contributed by atoms with Crippen LogP contribution in [0.1, 0.15) is 63.5 Å². The lowest BCUT2D eigenvalue weighted by atomic mass is 9.86. The molecule has 2 heterocycles. The molecule has 1 amide bonds. The third-order valence-corrected chi connectivity index (χ3v) is 7.02. The number of fused-ring (bicyclic) bond motifs is 2. The van der Waals surface area contributed by atoms with Gasteiger partial charge < -0.3 is 5.32 Å². The van der Waals surface area contributed by atoms with Crippen molar-refractivity contribution in [3.8, 4) is 0 Å². The van der Waals surface area contributed by atoms with Crippen LogP contribution >= 0.6 is 11.3 Å². The summed E-state index contributed by atoms with van der Waals surface area (Å²) in [5, 5.41) is 5.94. The van der Waals surface area contributed by atoms with E-state index in [0.29, 0.717) is 12.3 Å². The van der Waals surface area contributed by atoms with Crippen LogP contribution in [0.5, 0.6) is 0 Å². The maximum absolute atomic E-state index is 12.3. The summed E-state index contributed by atoms with van der Waals surface area (Å²) in [5.41, 5.74) is 1.11. The molecule has 24 heavy (non-hydrogen) atoms. The monoisotopic (exact) mass is 347 g/mol. The van der Waals surface area contributed by atoms with Crippen molar-refractivity contribution in [3.63, 3.8) is 0 Å². The summed E-state index contributed by atoms with van der Waals surface area (Å²) in [6.45, 7) is 3.30. The zero-order chi connectivity index (χ0) is 16.4. The number of nitrogens with one attached hydrogen (secondary N) is 1. The van der Waals surface area contributed by atoms with Gasteiger partial charge in [-0.05, 0) is 62.9 Å². The predicted molar refractivity (Wildman–Crippen MR) is 98.0 cm³/mol. The van der Waals surface area contributed by atoms with E-state index in [1.165, 1.54) is 64.5 Å². The Bertz CT molecular complexity index is 565. The lowest BCUT2D eigenvalue weighted by Gasteiger charge is -2.20. The normalized spacial score (nSPS) is 30.4. The first-order valence-electron chi connectivity index (χ1n) is 9.73. The van der Waals surface area contributed by atoms with Crippen LogP contribution in [0.3, 0.4) is 0 Å². The van der Waals surface area contributed by atoms with E-state index < -0.39 is 0 Å². The molecule has 4 nitrogen and oxygen atoms in total. The summed E-state index contributed by atoms with van der Waals surface area (Å²) < 4.78 is 0. The average molecular weight is 348 g/mol. The second-order valence-electron chi connectivity index (χ2n) is 8.02. The number of rotatable bonds is 5. The van der Waals surface area contributed by atoms with Crippen LogP contribution < -0.4 is 5.32 Å². The van der Waals surface area contributed by atoms with E-state index in [0.717, 1.165) is 29.2 Å². The van der Waals surface area contributed by atoms with Gasteiger partial charge in [-0.2, -0.15) is 0 Å². The highest BCUT2D eigenvalue weighted by Gasteiger charge is 2.40. The van der Waals surface area contributed by atoms with Crippen molar-refractivity contribution in [1.29, 1.82) is 0 Å². The molecule has 2 bridgehead atoms. The van der Waals surface area contributed by atoms with Crippen LogP contribution in [0.2, 0.25) is 0 Å². The van der Waals surface area contributed by atoms with Crippen molar-refractivity contribution in [3.05, 3.63) is 11.1 Å². The van der Waals surface area contributed by atoms with Gasteiger partial charge in [0.25, 0.3) is 0 Å². The highest BCUT2D eigenvalue weighted by Crippen LogP contribution is 2.49. The van der Waals surface area contributed by atoms with Crippen molar-refractivity contribution in [2.45, 2.75) is 64.3 Å². The molecule has 1 N–H and O–H groups in total. The molecule has 5 heteroatoms. The largest absolute Gasteiger partial charge is 0.302 e. The van der Waals surface area contributed by atoms with Crippen LogP contribution in [0.15, 0.2) is 5.38 Å². The summed E-state index contributed by atoms with van der Waals surface area (Å²) in [6, 6.07) is 0. The molecule has 0 radical (unpaired) electrons. The molecule has 0 aromatic carbocycles. The van der Waals surface area contributed by atoms with Crippen molar-refractivity contribution in [1.82, 2.24) is 9.88 Å². The molecule has 1 aromatic rings. The first kappa shape index (κ1) is 16.5. The van der Waals surface area contributed by atoms with Crippen LogP contribution in [0.25, 0.3) is 0 Å². The van der Waals surface area contributed by atoms with Crippen molar-refractivity contribution in [2.75, 3.05) is 18.4 Å². The number of hydrogen-bond donors (Lipinski definition) is 1. The van der Waals surface area contributed by atoms with Gasteiger partial charge in [0.2, 0.25) is 5.91 Å². The van der Waals surface area contributed by atoms with E-state index in [1.54, 1.807) is 11.3 Å². The molecule has 0 unspecified atom stereocenters. The van der Waals surface area contributed by atoms with Gasteiger partial charge in [-0.3, -0.25) is 9.69 Å². The van der Waals surface area contributed by atoms with Gasteiger partial charge in [0, 0.05) is 18.3 Å². The Morgan fingerprint density at radius 1 is 1.21 bits per heavy atom. The molecule has 3 aliphatic rings. The van der Waals surface area contributed by atoms with Crippen molar-refractivity contribution < 1.29 is 4.79 Å². The molecule has 1 aliphatic heterocycles. The van der Waals surface area contributed by atoms with E-state index in [9.17, 15) is 4.79 Å². The van der Waals surface area contributed by atoms with E-state index >= 15 is 0 Å². The number of amides is 1. The summed E-state index contributed by atoms with van der Waals surface area (Å²) in [5.74, 6) is 2.52. The lowest BCUT2D eigenvalue weighted by molar-refractivity contribution is -0.117. The summed E-state index contributed by atoms with van der Waals surface area (Å²) in [4.78, 5) is 19.5. The molecule has 2 aliphatic carbocycles. The maximum atomic E-state index is 12.3. The predicted octanol–water partition coefficient (Wildman–Crippen LogP) is 4.28. The molecule has 0 spiro atoms. The van der Waals surface area contributed by atoms with Crippen LogP contribution in [0, 0.1) is 17.8 Å². The van der Waals surface area contributed by atoms with Crippen LogP contribution in [-0.4, -0.2) is 28.9 Å². The zero-order valence-electron chi connectivity index (χ0n) is 14.5. The molecular formula is C19H29N3OS. The minimum Gasteiger partial charge on any atom is -0.302 e. The summed E-state index contributed by atoms with van der Waals surface area (Å²) in [7, 11) is 0. The molecule has 3 atom stereocenters. The molecule has 4 rings (SSSR count). The van der Waals surface area contributed by atoms with Gasteiger partial charge in [0.1, 0.15) is 0 Å². The van der Waals surface area contributed by atoms with Crippen molar-refractivity contribution in [2.24, 2.45) is 17.8 Å². The second kappa shape index (κ2) is 7.52. The minimum atomic E-state index is 0.170. The SMILES string of the molecule is O=C(C[C@@H]1C[C@H]2CC[C@H]1C2)Nc1nc(CN2CCCCCC2)cs1. The number of hydrogen-bond acceptors (Lipinski definition) is 4. The Morgan fingerprint density at radius 3 is 2.75 bits per heavy atom. The quantitative estimate of drug-likeness (QED) is 0.864. The Kier molecular flexibility index (Phi) is 5.18. The van der Waals surface area contributed by atoms with Gasteiger partial charge in [-0.15, -0.1) is 11.3 Å². The van der Waals surface area contributed by atoms with Gasteiger partial charge in [-0.25, -0.2) is 4.98 Å². The lowest BCUT2D eigenvalue weighted by Crippen LogP contribution is -2.24. The van der Waals surface area contributed by atoms with Gasteiger partial charge in [0.05, 0.1) is 5.69 Å². The number of anilines is 1. The summed E-state index contributed by atoms with van der Waals surface area (Å²) >= 11 is 1.58. The fourth-order valence-electron chi connectivity index (χ4n) is 5.00. The Balaban J connectivity index is 1.26. The topological polar surface area (TPSA) is 45.2 Å². The van der Waals surface area contributed by atoms with E-state index in [-0.39, 0.29) is 5.91 Å². The molecule has 1 saturated heterocycles. The standard InChI is InChI=1S/C19H29N3OS/c23-18(11-16-10-14-5-6-15(16)9-14)21-19-20-17(13-24-19)12-22-7-3-1-2-4-8-22/h13-16H,1-12H2,(H,20,21,23)/t14-,15-,16-/m0/s1. The van der Waals surface area contributed by atoms with Gasteiger partial charge >= 0.3 is 0 Å². The highest BCUT2D eigenvalue weighted by molar-refractivity contribution is 7.13.